The number of benzene rings is 1. The first-order valence-electron chi connectivity index (χ1n) is 11.8. The van der Waals surface area contributed by atoms with Crippen molar-refractivity contribution in [3.63, 3.8) is 0 Å². The molecule has 0 bridgehead atoms. The van der Waals surface area contributed by atoms with Crippen molar-refractivity contribution in [1.29, 1.82) is 0 Å². The third-order valence-corrected chi connectivity index (χ3v) is 7.58. The highest BCUT2D eigenvalue weighted by Crippen LogP contribution is 2.26. The van der Waals surface area contributed by atoms with Crippen molar-refractivity contribution >= 4 is 44.2 Å². The first-order valence-corrected chi connectivity index (χ1v) is 13.7. The van der Waals surface area contributed by atoms with Crippen LogP contribution in [0.3, 0.4) is 0 Å². The number of piperazine rings is 1. The van der Waals surface area contributed by atoms with Crippen LogP contribution < -0.4 is 19.8 Å². The fraction of sp³-hybridized carbons (Fsp3) is 0.320. The Labute approximate surface area is 211 Å². The molecule has 3 aromatic heterocycles. The van der Waals surface area contributed by atoms with Crippen molar-refractivity contribution in [3.05, 3.63) is 66.1 Å². The van der Waals surface area contributed by atoms with Gasteiger partial charge in [0, 0.05) is 74.1 Å². The number of aromatic nitrogens is 4. The molecule has 0 radical (unpaired) electrons. The summed E-state index contributed by atoms with van der Waals surface area (Å²) in [6.07, 6.45) is 6.47. The number of pyridine rings is 1. The highest BCUT2D eigenvalue weighted by atomic mass is 32.2. The smallest absolute Gasteiger partial charge is 0.233 e. The summed E-state index contributed by atoms with van der Waals surface area (Å²) in [6, 6.07) is 11.9. The molecule has 1 fully saturated rings. The van der Waals surface area contributed by atoms with Crippen LogP contribution in [0.15, 0.2) is 55.0 Å². The maximum absolute atomic E-state index is 12.1. The van der Waals surface area contributed by atoms with Gasteiger partial charge in [-0.3, -0.25) is 4.31 Å². The van der Waals surface area contributed by atoms with Crippen molar-refractivity contribution in [2.24, 2.45) is 0 Å². The van der Waals surface area contributed by atoms with Crippen LogP contribution in [0.25, 0.3) is 11.0 Å². The van der Waals surface area contributed by atoms with E-state index in [9.17, 15) is 8.42 Å². The quantitative estimate of drug-likeness (QED) is 0.394. The van der Waals surface area contributed by atoms with E-state index in [4.69, 9.17) is 4.98 Å². The molecule has 1 aromatic carbocycles. The van der Waals surface area contributed by atoms with Gasteiger partial charge in [0.15, 0.2) is 0 Å². The van der Waals surface area contributed by atoms with E-state index in [-0.39, 0.29) is 0 Å². The predicted octanol–water partition coefficient (Wildman–Crippen LogP) is 2.73. The molecule has 1 saturated heterocycles. The molecule has 36 heavy (non-hydrogen) atoms. The van der Waals surface area contributed by atoms with Crippen LogP contribution in [0, 0.1) is 6.92 Å². The first kappa shape index (κ1) is 24.0. The molecule has 4 heterocycles. The SMILES string of the molecule is Cc1cc(Nc2ncc3ccn(Cc4cccnc4N(C)S(C)(=O)=O)c3n2)ccc1N1CCNCC1. The van der Waals surface area contributed by atoms with Crippen LogP contribution in [-0.2, 0) is 16.6 Å². The highest BCUT2D eigenvalue weighted by Gasteiger charge is 2.18. The Kier molecular flexibility index (Phi) is 6.50. The lowest BCUT2D eigenvalue weighted by atomic mass is 10.1. The molecular formula is C25H30N8O2S. The van der Waals surface area contributed by atoms with E-state index in [0.29, 0.717) is 18.3 Å². The fourth-order valence-corrected chi connectivity index (χ4v) is 4.94. The van der Waals surface area contributed by atoms with Gasteiger partial charge in [-0.05, 0) is 42.8 Å². The first-order chi connectivity index (χ1) is 17.3. The number of rotatable bonds is 7. The third-order valence-electron chi connectivity index (χ3n) is 6.42. The van der Waals surface area contributed by atoms with Crippen molar-refractivity contribution in [1.82, 2.24) is 24.8 Å². The van der Waals surface area contributed by atoms with Gasteiger partial charge in [-0.15, -0.1) is 0 Å². The topological polar surface area (TPSA) is 108 Å². The Balaban J connectivity index is 1.40. The van der Waals surface area contributed by atoms with E-state index in [1.165, 1.54) is 28.9 Å². The summed E-state index contributed by atoms with van der Waals surface area (Å²) in [7, 11) is -1.93. The summed E-state index contributed by atoms with van der Waals surface area (Å²) in [4.78, 5) is 16.0. The molecule has 0 saturated carbocycles. The molecule has 0 unspecified atom stereocenters. The fourth-order valence-electron chi connectivity index (χ4n) is 4.46. The minimum Gasteiger partial charge on any atom is -0.369 e. The summed E-state index contributed by atoms with van der Waals surface area (Å²) in [5.41, 5.74) is 4.89. The highest BCUT2D eigenvalue weighted by molar-refractivity contribution is 7.92. The molecule has 4 aromatic rings. The third kappa shape index (κ3) is 4.98. The summed E-state index contributed by atoms with van der Waals surface area (Å²) in [5.74, 6) is 0.894. The number of hydrogen-bond donors (Lipinski definition) is 2. The summed E-state index contributed by atoms with van der Waals surface area (Å²) < 4.78 is 27.4. The van der Waals surface area contributed by atoms with Gasteiger partial charge in [0.1, 0.15) is 11.5 Å². The lowest BCUT2D eigenvalue weighted by Crippen LogP contribution is -2.43. The molecule has 1 aliphatic heterocycles. The number of nitrogens with one attached hydrogen (secondary N) is 2. The zero-order valence-corrected chi connectivity index (χ0v) is 21.5. The second-order valence-electron chi connectivity index (χ2n) is 9.00. The minimum atomic E-state index is -3.44. The largest absolute Gasteiger partial charge is 0.369 e. The molecular weight excluding hydrogens is 476 g/mol. The van der Waals surface area contributed by atoms with Crippen molar-refractivity contribution in [2.75, 3.05) is 54.0 Å². The second-order valence-corrected chi connectivity index (χ2v) is 11.0. The van der Waals surface area contributed by atoms with Gasteiger partial charge in [-0.25, -0.2) is 18.4 Å². The molecule has 1 aliphatic rings. The molecule has 0 atom stereocenters. The van der Waals surface area contributed by atoms with E-state index < -0.39 is 10.0 Å². The lowest BCUT2D eigenvalue weighted by molar-refractivity contribution is 0.588. The minimum absolute atomic E-state index is 0.398. The van der Waals surface area contributed by atoms with Crippen LogP contribution in [0.2, 0.25) is 0 Å². The van der Waals surface area contributed by atoms with Crippen LogP contribution in [0.5, 0.6) is 0 Å². The van der Waals surface area contributed by atoms with Gasteiger partial charge in [0.05, 0.1) is 12.8 Å². The molecule has 188 valence electrons. The summed E-state index contributed by atoms with van der Waals surface area (Å²) >= 11 is 0. The Bertz CT molecular complexity index is 1500. The Hall–Kier alpha value is -3.70. The van der Waals surface area contributed by atoms with E-state index in [2.05, 4.69) is 50.6 Å². The van der Waals surface area contributed by atoms with Gasteiger partial charge >= 0.3 is 0 Å². The standard InChI is InChI=1S/C25H30N8O2S/c1-18-15-21(6-7-22(18)32-13-10-26-11-14-32)29-25-28-16-19-8-12-33(24(19)30-25)17-20-5-4-9-27-23(20)31(2)36(3,34)35/h4-9,12,15-16,26H,10-11,13-14,17H2,1-3H3,(H,28,29,30). The normalized spacial score (nSPS) is 14.2. The molecule has 10 nitrogen and oxygen atoms in total. The van der Waals surface area contributed by atoms with Crippen LogP contribution in [-0.4, -0.2) is 67.4 Å². The van der Waals surface area contributed by atoms with Crippen molar-refractivity contribution < 1.29 is 8.42 Å². The summed E-state index contributed by atoms with van der Waals surface area (Å²) in [6.45, 7) is 6.54. The van der Waals surface area contributed by atoms with E-state index in [1.54, 1.807) is 18.5 Å². The maximum Gasteiger partial charge on any atom is 0.233 e. The monoisotopic (exact) mass is 506 g/mol. The molecule has 0 amide bonds. The Morgan fingerprint density at radius 3 is 2.69 bits per heavy atom. The molecule has 0 aliphatic carbocycles. The number of fused-ring (bicyclic) bond motifs is 1. The van der Waals surface area contributed by atoms with Crippen molar-refractivity contribution in [2.45, 2.75) is 13.5 Å². The van der Waals surface area contributed by atoms with Gasteiger partial charge in [0.25, 0.3) is 0 Å². The van der Waals surface area contributed by atoms with Crippen LogP contribution >= 0.6 is 0 Å². The van der Waals surface area contributed by atoms with Gasteiger partial charge < -0.3 is 20.1 Å². The van der Waals surface area contributed by atoms with Crippen molar-refractivity contribution in [3.8, 4) is 0 Å². The maximum atomic E-state index is 12.1. The zero-order valence-electron chi connectivity index (χ0n) is 20.6. The number of aryl methyl sites for hydroxylation is 1. The van der Waals surface area contributed by atoms with Gasteiger partial charge in [-0.1, -0.05) is 6.07 Å². The molecule has 5 rings (SSSR count). The van der Waals surface area contributed by atoms with Crippen LogP contribution in [0.4, 0.5) is 23.1 Å². The Morgan fingerprint density at radius 2 is 1.94 bits per heavy atom. The van der Waals surface area contributed by atoms with Gasteiger partial charge in [0.2, 0.25) is 16.0 Å². The number of sulfonamides is 1. The lowest BCUT2D eigenvalue weighted by Gasteiger charge is -2.30. The van der Waals surface area contributed by atoms with E-state index in [0.717, 1.165) is 48.5 Å². The van der Waals surface area contributed by atoms with E-state index >= 15 is 0 Å². The number of nitrogens with zero attached hydrogens (tertiary/aromatic N) is 6. The molecule has 0 spiro atoms. The van der Waals surface area contributed by atoms with Gasteiger partial charge in [-0.2, -0.15) is 4.98 Å². The average molecular weight is 507 g/mol. The Morgan fingerprint density at radius 1 is 1.14 bits per heavy atom. The summed E-state index contributed by atoms with van der Waals surface area (Å²) in [5, 5.41) is 7.62. The number of hydrogen-bond acceptors (Lipinski definition) is 8. The molecule has 11 heteroatoms. The number of anilines is 4. The second kappa shape index (κ2) is 9.75. The van der Waals surface area contributed by atoms with E-state index in [1.807, 2.05) is 22.9 Å². The predicted molar refractivity (Wildman–Crippen MR) is 144 cm³/mol. The zero-order chi connectivity index (χ0) is 25.3. The average Bonchev–Trinajstić information content (AvgIpc) is 3.26. The molecule has 2 N–H and O–H groups in total. The van der Waals surface area contributed by atoms with Crippen LogP contribution in [0.1, 0.15) is 11.1 Å².